The quantitative estimate of drug-likeness (QED) is 0.839. The maximum atomic E-state index is 11.7. The van der Waals surface area contributed by atoms with Gasteiger partial charge in [-0.25, -0.2) is 4.79 Å². The number of aromatic nitrogens is 1. The number of ether oxygens (including phenoxy) is 1. The van der Waals surface area contributed by atoms with Crippen LogP contribution in [0.5, 0.6) is 0 Å². The molecule has 0 saturated heterocycles. The third-order valence-corrected chi connectivity index (χ3v) is 2.70. The number of benzene rings is 1. The Morgan fingerprint density at radius 1 is 1.25 bits per heavy atom. The monoisotopic (exact) mass is 274 g/mol. The van der Waals surface area contributed by atoms with E-state index in [-0.39, 0.29) is 5.56 Å². The number of fused-ring (bicyclic) bond motifs is 1. The summed E-state index contributed by atoms with van der Waals surface area (Å²) in [7, 11) is 0. The lowest BCUT2D eigenvalue weighted by Crippen LogP contribution is -2.27. The van der Waals surface area contributed by atoms with Gasteiger partial charge in [-0.2, -0.15) is 0 Å². The Labute approximate surface area is 117 Å². The summed E-state index contributed by atoms with van der Waals surface area (Å²) in [6, 6.07) is 6.82. The van der Waals surface area contributed by atoms with Crippen molar-refractivity contribution in [2.75, 3.05) is 5.32 Å². The summed E-state index contributed by atoms with van der Waals surface area (Å²) < 4.78 is 5.20. The fourth-order valence-corrected chi connectivity index (χ4v) is 1.92. The molecule has 1 aromatic carbocycles. The summed E-state index contributed by atoms with van der Waals surface area (Å²) >= 11 is 0. The van der Waals surface area contributed by atoms with Crippen LogP contribution < -0.4 is 10.9 Å². The van der Waals surface area contributed by atoms with Crippen LogP contribution in [0.25, 0.3) is 10.9 Å². The molecular formula is C15H18N2O3. The molecule has 1 aromatic heterocycles. The van der Waals surface area contributed by atoms with Crippen molar-refractivity contribution in [2.24, 2.45) is 0 Å². The van der Waals surface area contributed by atoms with E-state index in [2.05, 4.69) is 10.3 Å². The number of amides is 1. The summed E-state index contributed by atoms with van der Waals surface area (Å²) in [6.07, 6.45) is -0.501. The first kappa shape index (κ1) is 14.1. The predicted octanol–water partition coefficient (Wildman–Crippen LogP) is 3.18. The number of hydrogen-bond acceptors (Lipinski definition) is 3. The first-order valence-corrected chi connectivity index (χ1v) is 6.38. The number of carbonyl (C=O) groups excluding carboxylic acids is 1. The lowest BCUT2D eigenvalue weighted by Gasteiger charge is -2.19. The molecule has 0 saturated carbocycles. The molecule has 1 heterocycles. The number of anilines is 1. The third kappa shape index (κ3) is 3.38. The number of aromatic amines is 1. The maximum absolute atomic E-state index is 11.7. The van der Waals surface area contributed by atoms with E-state index in [0.29, 0.717) is 5.69 Å². The summed E-state index contributed by atoms with van der Waals surface area (Å²) in [5.74, 6) is 0. The van der Waals surface area contributed by atoms with E-state index in [1.165, 1.54) is 6.07 Å². The van der Waals surface area contributed by atoms with Crippen LogP contribution in [0.3, 0.4) is 0 Å². The number of rotatable bonds is 1. The van der Waals surface area contributed by atoms with Crippen LogP contribution in [-0.2, 0) is 4.74 Å². The number of carbonyl (C=O) groups is 1. The molecule has 1 amide bonds. The van der Waals surface area contributed by atoms with Gasteiger partial charge >= 0.3 is 6.09 Å². The first-order chi connectivity index (χ1) is 9.24. The lowest BCUT2D eigenvalue weighted by molar-refractivity contribution is 0.0636. The van der Waals surface area contributed by atoms with Crippen molar-refractivity contribution in [3.05, 3.63) is 40.2 Å². The van der Waals surface area contributed by atoms with Gasteiger partial charge in [0.25, 0.3) is 0 Å². The molecule has 2 aromatic rings. The summed E-state index contributed by atoms with van der Waals surface area (Å²) in [5.41, 5.74) is 1.55. The minimum absolute atomic E-state index is 0.136. The molecule has 0 fully saturated rings. The molecule has 20 heavy (non-hydrogen) atoms. The van der Waals surface area contributed by atoms with Gasteiger partial charge in [0, 0.05) is 22.7 Å². The van der Waals surface area contributed by atoms with Crippen LogP contribution in [0.4, 0.5) is 10.5 Å². The molecule has 2 N–H and O–H groups in total. The first-order valence-electron chi connectivity index (χ1n) is 6.38. The minimum Gasteiger partial charge on any atom is -0.444 e. The molecule has 0 unspecified atom stereocenters. The van der Waals surface area contributed by atoms with Gasteiger partial charge in [-0.15, -0.1) is 0 Å². The molecule has 0 aliphatic carbocycles. The number of aryl methyl sites for hydroxylation is 1. The van der Waals surface area contributed by atoms with Crippen molar-refractivity contribution >= 4 is 22.7 Å². The summed E-state index contributed by atoms with van der Waals surface area (Å²) in [5, 5.41) is 3.57. The van der Waals surface area contributed by atoms with Crippen molar-refractivity contribution < 1.29 is 9.53 Å². The Hall–Kier alpha value is -2.30. The maximum Gasteiger partial charge on any atom is 0.412 e. The van der Waals surface area contributed by atoms with Gasteiger partial charge in [-0.1, -0.05) is 0 Å². The Balaban J connectivity index is 2.29. The van der Waals surface area contributed by atoms with Crippen LogP contribution in [0.2, 0.25) is 0 Å². The second kappa shape index (κ2) is 5.00. The second-order valence-electron chi connectivity index (χ2n) is 5.70. The van der Waals surface area contributed by atoms with Gasteiger partial charge in [-0.3, -0.25) is 10.1 Å². The van der Waals surface area contributed by atoms with Crippen molar-refractivity contribution in [2.45, 2.75) is 33.3 Å². The van der Waals surface area contributed by atoms with Gasteiger partial charge in [0.2, 0.25) is 5.56 Å². The van der Waals surface area contributed by atoms with E-state index in [9.17, 15) is 9.59 Å². The van der Waals surface area contributed by atoms with Gasteiger partial charge in [0.15, 0.2) is 0 Å². The van der Waals surface area contributed by atoms with Gasteiger partial charge in [0.1, 0.15) is 5.60 Å². The zero-order chi connectivity index (χ0) is 14.9. The predicted molar refractivity (Wildman–Crippen MR) is 79.2 cm³/mol. The highest BCUT2D eigenvalue weighted by Gasteiger charge is 2.16. The number of hydrogen-bond donors (Lipinski definition) is 2. The SMILES string of the molecule is Cc1cc(=O)[nH]c2ccc(NC(=O)OC(C)(C)C)cc12. The molecule has 0 spiro atoms. The van der Waals surface area contributed by atoms with Crippen LogP contribution >= 0.6 is 0 Å². The highest BCUT2D eigenvalue weighted by atomic mass is 16.6. The zero-order valence-electron chi connectivity index (χ0n) is 12.0. The largest absolute Gasteiger partial charge is 0.444 e. The minimum atomic E-state index is -0.540. The van der Waals surface area contributed by atoms with Crippen molar-refractivity contribution in [1.29, 1.82) is 0 Å². The molecule has 0 aliphatic heterocycles. The van der Waals surface area contributed by atoms with Crippen LogP contribution in [0.15, 0.2) is 29.1 Å². The highest BCUT2D eigenvalue weighted by molar-refractivity contribution is 5.91. The number of H-pyrrole nitrogens is 1. The van der Waals surface area contributed by atoms with E-state index < -0.39 is 11.7 Å². The molecule has 0 bridgehead atoms. The summed E-state index contributed by atoms with van der Waals surface area (Å²) in [6.45, 7) is 7.28. The third-order valence-electron chi connectivity index (χ3n) is 2.70. The standard InChI is InChI=1S/C15H18N2O3/c1-9-7-13(18)17-12-6-5-10(8-11(9)12)16-14(19)20-15(2,3)4/h5-8H,1-4H3,(H,16,19)(H,17,18). The van der Waals surface area contributed by atoms with E-state index in [1.807, 2.05) is 33.8 Å². The Morgan fingerprint density at radius 2 is 1.95 bits per heavy atom. The van der Waals surface area contributed by atoms with Crippen molar-refractivity contribution in [3.8, 4) is 0 Å². The normalized spacial score (nSPS) is 11.4. The topological polar surface area (TPSA) is 71.2 Å². The lowest BCUT2D eigenvalue weighted by atomic mass is 10.1. The molecule has 0 radical (unpaired) electrons. The van der Waals surface area contributed by atoms with E-state index in [0.717, 1.165) is 16.5 Å². The highest BCUT2D eigenvalue weighted by Crippen LogP contribution is 2.20. The Bertz CT molecular complexity index is 711. The van der Waals surface area contributed by atoms with Crippen LogP contribution in [0.1, 0.15) is 26.3 Å². The van der Waals surface area contributed by atoms with Gasteiger partial charge in [-0.05, 0) is 51.5 Å². The van der Waals surface area contributed by atoms with Gasteiger partial charge < -0.3 is 9.72 Å². The fourth-order valence-electron chi connectivity index (χ4n) is 1.92. The molecular weight excluding hydrogens is 256 g/mol. The fraction of sp³-hybridized carbons (Fsp3) is 0.333. The van der Waals surface area contributed by atoms with E-state index >= 15 is 0 Å². The van der Waals surface area contributed by atoms with E-state index in [1.54, 1.807) is 12.1 Å². The molecule has 0 aliphatic rings. The second-order valence-corrected chi connectivity index (χ2v) is 5.70. The molecule has 106 valence electrons. The van der Waals surface area contributed by atoms with Crippen LogP contribution in [-0.4, -0.2) is 16.7 Å². The zero-order valence-corrected chi connectivity index (χ0v) is 12.0. The number of pyridine rings is 1. The van der Waals surface area contributed by atoms with Gasteiger partial charge in [0.05, 0.1) is 0 Å². The van der Waals surface area contributed by atoms with E-state index in [4.69, 9.17) is 4.74 Å². The van der Waals surface area contributed by atoms with Crippen molar-refractivity contribution in [1.82, 2.24) is 4.98 Å². The molecule has 0 atom stereocenters. The molecule has 2 rings (SSSR count). The molecule has 5 heteroatoms. The van der Waals surface area contributed by atoms with Crippen molar-refractivity contribution in [3.63, 3.8) is 0 Å². The van der Waals surface area contributed by atoms with Crippen LogP contribution in [0, 0.1) is 6.92 Å². The summed E-state index contributed by atoms with van der Waals surface area (Å²) in [4.78, 5) is 25.8. The smallest absolute Gasteiger partial charge is 0.412 e. The average molecular weight is 274 g/mol. The Morgan fingerprint density at radius 3 is 2.60 bits per heavy atom. The molecule has 5 nitrogen and oxygen atoms in total. The Kier molecular flexibility index (Phi) is 3.53. The number of nitrogens with one attached hydrogen (secondary N) is 2. The average Bonchev–Trinajstić information content (AvgIpc) is 2.27.